The average Bonchev–Trinajstić information content (AvgIpc) is 2.71. The monoisotopic (exact) mass is 256 g/mol. The predicted molar refractivity (Wildman–Crippen MR) is 77.0 cm³/mol. The summed E-state index contributed by atoms with van der Waals surface area (Å²) in [4.78, 5) is 0. The molecule has 1 heteroatoms. The van der Waals surface area contributed by atoms with Gasteiger partial charge in [0.05, 0.1) is 6.61 Å². The van der Waals surface area contributed by atoms with Crippen molar-refractivity contribution in [3.05, 3.63) is 35.9 Å². The van der Waals surface area contributed by atoms with Crippen molar-refractivity contribution >= 4 is 0 Å². The molecule has 0 saturated heterocycles. The molecular formula is C18H24O. The van der Waals surface area contributed by atoms with Crippen molar-refractivity contribution in [2.24, 2.45) is 22.7 Å². The van der Waals surface area contributed by atoms with E-state index in [2.05, 4.69) is 44.2 Å². The Morgan fingerprint density at radius 1 is 1.11 bits per heavy atom. The van der Waals surface area contributed by atoms with E-state index < -0.39 is 0 Å². The van der Waals surface area contributed by atoms with Gasteiger partial charge in [-0.2, -0.15) is 0 Å². The molecule has 0 aliphatic heterocycles. The highest BCUT2D eigenvalue weighted by Crippen LogP contribution is 2.95. The lowest BCUT2D eigenvalue weighted by Gasteiger charge is -2.48. The molecule has 3 aliphatic rings. The number of rotatable bonds is 3. The molecule has 4 rings (SSSR count). The van der Waals surface area contributed by atoms with Crippen LogP contribution in [0.4, 0.5) is 0 Å². The summed E-state index contributed by atoms with van der Waals surface area (Å²) in [7, 11) is 1.88. The highest BCUT2D eigenvalue weighted by atomic mass is 16.5. The van der Waals surface area contributed by atoms with Gasteiger partial charge < -0.3 is 4.74 Å². The zero-order valence-electron chi connectivity index (χ0n) is 12.3. The van der Waals surface area contributed by atoms with Crippen molar-refractivity contribution < 1.29 is 4.74 Å². The van der Waals surface area contributed by atoms with Crippen LogP contribution in [0.1, 0.15) is 38.7 Å². The van der Waals surface area contributed by atoms with Crippen LogP contribution in [0.15, 0.2) is 30.3 Å². The van der Waals surface area contributed by atoms with E-state index >= 15 is 0 Å². The summed E-state index contributed by atoms with van der Waals surface area (Å²) in [5.74, 6) is 1.81. The summed E-state index contributed by atoms with van der Waals surface area (Å²) in [5, 5.41) is 0. The van der Waals surface area contributed by atoms with Crippen LogP contribution in [-0.4, -0.2) is 13.7 Å². The number of hydrogen-bond acceptors (Lipinski definition) is 1. The molecule has 0 bridgehead atoms. The topological polar surface area (TPSA) is 9.23 Å². The van der Waals surface area contributed by atoms with E-state index in [0.29, 0.717) is 16.2 Å². The van der Waals surface area contributed by atoms with Gasteiger partial charge >= 0.3 is 0 Å². The smallest absolute Gasteiger partial charge is 0.0535 e. The lowest BCUT2D eigenvalue weighted by Crippen LogP contribution is -2.48. The van der Waals surface area contributed by atoms with Gasteiger partial charge in [-0.1, -0.05) is 50.6 Å². The summed E-state index contributed by atoms with van der Waals surface area (Å²) in [6.45, 7) is 5.91. The van der Waals surface area contributed by atoms with Crippen molar-refractivity contribution in [1.29, 1.82) is 0 Å². The van der Waals surface area contributed by atoms with E-state index in [0.717, 1.165) is 18.4 Å². The third-order valence-corrected chi connectivity index (χ3v) is 7.05. The molecule has 102 valence electrons. The molecule has 0 radical (unpaired) electrons. The fourth-order valence-corrected chi connectivity index (χ4v) is 6.72. The molecule has 0 unspecified atom stereocenters. The number of hydrogen-bond donors (Lipinski definition) is 0. The number of fused-ring (bicyclic) bond motifs is 4. The van der Waals surface area contributed by atoms with Crippen molar-refractivity contribution in [2.45, 2.75) is 38.5 Å². The number of methoxy groups -OCH3 is 1. The Morgan fingerprint density at radius 3 is 2.47 bits per heavy atom. The molecule has 0 heterocycles. The minimum absolute atomic E-state index is 0.396. The SMILES string of the molecule is COC[C@@]12[C@H]3CCC[C@H]3[C@]1(c1ccccc1)C2(C)C. The second kappa shape index (κ2) is 3.44. The van der Waals surface area contributed by atoms with Crippen LogP contribution in [0.5, 0.6) is 0 Å². The Hall–Kier alpha value is -0.820. The van der Waals surface area contributed by atoms with Crippen molar-refractivity contribution in [3.8, 4) is 0 Å². The van der Waals surface area contributed by atoms with Gasteiger partial charge in [0.25, 0.3) is 0 Å². The fraction of sp³-hybridized carbons (Fsp3) is 0.667. The molecule has 0 spiro atoms. The molecule has 1 aromatic rings. The van der Waals surface area contributed by atoms with Crippen LogP contribution in [0, 0.1) is 22.7 Å². The second-order valence-corrected chi connectivity index (χ2v) is 7.35. The second-order valence-electron chi connectivity index (χ2n) is 7.35. The number of ether oxygens (including phenoxy) is 1. The third-order valence-electron chi connectivity index (χ3n) is 7.05. The molecule has 3 saturated carbocycles. The molecule has 4 atom stereocenters. The molecular weight excluding hydrogens is 232 g/mol. The van der Waals surface area contributed by atoms with Gasteiger partial charge in [-0.3, -0.25) is 0 Å². The standard InChI is InChI=1S/C18H24O/c1-16(2)17(12-19-3)14-10-7-11-15(14)18(16,17)13-8-5-4-6-9-13/h4-6,8-9,14-15H,7,10-12H2,1-3H3/t14-,15+,17-,18+/m0/s1. The van der Waals surface area contributed by atoms with Gasteiger partial charge in [0.2, 0.25) is 0 Å². The van der Waals surface area contributed by atoms with Crippen molar-refractivity contribution in [1.82, 2.24) is 0 Å². The van der Waals surface area contributed by atoms with Gasteiger partial charge in [0.1, 0.15) is 0 Å². The Labute approximate surface area is 116 Å². The quantitative estimate of drug-likeness (QED) is 0.793. The third kappa shape index (κ3) is 0.961. The Bertz CT molecular complexity index is 506. The minimum atomic E-state index is 0.396. The highest BCUT2D eigenvalue weighted by Gasteiger charge is 2.94. The van der Waals surface area contributed by atoms with Crippen LogP contribution in [0.2, 0.25) is 0 Å². The summed E-state index contributed by atoms with van der Waals surface area (Å²) in [6, 6.07) is 11.3. The molecule has 3 aliphatic carbocycles. The van der Waals surface area contributed by atoms with Crippen LogP contribution in [-0.2, 0) is 10.2 Å². The summed E-state index contributed by atoms with van der Waals surface area (Å²) in [6.07, 6.45) is 4.27. The lowest BCUT2D eigenvalue weighted by molar-refractivity contribution is -0.0122. The fourth-order valence-electron chi connectivity index (χ4n) is 6.72. The van der Waals surface area contributed by atoms with E-state index in [9.17, 15) is 0 Å². The van der Waals surface area contributed by atoms with Gasteiger partial charge in [-0.25, -0.2) is 0 Å². The molecule has 3 fully saturated rings. The zero-order chi connectivity index (χ0) is 13.3. The maximum atomic E-state index is 5.68. The van der Waals surface area contributed by atoms with Gasteiger partial charge in [-0.15, -0.1) is 0 Å². The lowest BCUT2D eigenvalue weighted by atomic mass is 9.56. The number of benzene rings is 1. The highest BCUT2D eigenvalue weighted by molar-refractivity contribution is 5.54. The first-order valence-electron chi connectivity index (χ1n) is 7.69. The molecule has 0 N–H and O–H groups in total. The first-order valence-corrected chi connectivity index (χ1v) is 7.69. The van der Waals surface area contributed by atoms with E-state index in [1.54, 1.807) is 5.56 Å². The Balaban J connectivity index is 1.86. The first kappa shape index (κ1) is 12.0. The summed E-state index contributed by atoms with van der Waals surface area (Å²) >= 11 is 0. The van der Waals surface area contributed by atoms with Crippen LogP contribution in [0.3, 0.4) is 0 Å². The largest absolute Gasteiger partial charge is 0.384 e. The van der Waals surface area contributed by atoms with Gasteiger partial charge in [0.15, 0.2) is 0 Å². The normalized spacial score (nSPS) is 45.2. The summed E-state index contributed by atoms with van der Waals surface area (Å²) < 4.78 is 5.68. The molecule has 0 amide bonds. The summed E-state index contributed by atoms with van der Waals surface area (Å²) in [5.41, 5.74) is 2.78. The Kier molecular flexibility index (Phi) is 2.16. The Morgan fingerprint density at radius 2 is 1.79 bits per heavy atom. The van der Waals surface area contributed by atoms with Crippen LogP contribution < -0.4 is 0 Å². The van der Waals surface area contributed by atoms with Crippen LogP contribution >= 0.6 is 0 Å². The maximum absolute atomic E-state index is 5.68. The predicted octanol–water partition coefficient (Wildman–Crippen LogP) is 4.03. The van der Waals surface area contributed by atoms with E-state index in [4.69, 9.17) is 4.74 Å². The van der Waals surface area contributed by atoms with Gasteiger partial charge in [0, 0.05) is 17.9 Å². The van der Waals surface area contributed by atoms with Crippen LogP contribution in [0.25, 0.3) is 0 Å². The van der Waals surface area contributed by atoms with Crippen molar-refractivity contribution in [2.75, 3.05) is 13.7 Å². The minimum Gasteiger partial charge on any atom is -0.384 e. The van der Waals surface area contributed by atoms with Gasteiger partial charge in [-0.05, 0) is 35.7 Å². The first-order chi connectivity index (χ1) is 9.14. The molecule has 1 aromatic carbocycles. The zero-order valence-corrected chi connectivity index (χ0v) is 12.3. The van der Waals surface area contributed by atoms with E-state index in [1.165, 1.54) is 19.3 Å². The molecule has 19 heavy (non-hydrogen) atoms. The van der Waals surface area contributed by atoms with E-state index in [1.807, 2.05) is 7.11 Å². The molecule has 1 nitrogen and oxygen atoms in total. The molecule has 0 aromatic heterocycles. The average molecular weight is 256 g/mol. The van der Waals surface area contributed by atoms with Crippen molar-refractivity contribution in [3.63, 3.8) is 0 Å². The maximum Gasteiger partial charge on any atom is 0.0535 e. The van der Waals surface area contributed by atoms with E-state index in [-0.39, 0.29) is 0 Å².